The molecule has 0 bridgehead atoms. The quantitative estimate of drug-likeness (QED) is 0.673. The van der Waals surface area contributed by atoms with Crippen LogP contribution in [0.1, 0.15) is 51.9 Å². The summed E-state index contributed by atoms with van der Waals surface area (Å²) in [6.07, 6.45) is 7.78. The Morgan fingerprint density at radius 2 is 2.07 bits per heavy atom. The van der Waals surface area contributed by atoms with Gasteiger partial charge in [-0.1, -0.05) is 32.6 Å². The molecule has 0 aromatic heterocycles. The SMILES string of the molecule is CCCC1(C2CCCCC2)COC(=O)O1. The van der Waals surface area contributed by atoms with Gasteiger partial charge in [-0.05, 0) is 19.3 Å². The molecule has 1 saturated carbocycles. The molecule has 86 valence electrons. The van der Waals surface area contributed by atoms with E-state index in [1.54, 1.807) is 0 Å². The van der Waals surface area contributed by atoms with Crippen LogP contribution in [0, 0.1) is 5.92 Å². The number of hydrogen-bond donors (Lipinski definition) is 0. The molecule has 2 fully saturated rings. The molecule has 3 nitrogen and oxygen atoms in total. The Hall–Kier alpha value is -0.730. The van der Waals surface area contributed by atoms with E-state index in [0.717, 1.165) is 12.8 Å². The highest BCUT2D eigenvalue weighted by Crippen LogP contribution is 2.41. The van der Waals surface area contributed by atoms with Gasteiger partial charge in [-0.15, -0.1) is 0 Å². The third-order valence-corrected chi connectivity index (χ3v) is 3.74. The van der Waals surface area contributed by atoms with Crippen molar-refractivity contribution in [3.63, 3.8) is 0 Å². The third-order valence-electron chi connectivity index (χ3n) is 3.74. The summed E-state index contributed by atoms with van der Waals surface area (Å²) in [4.78, 5) is 11.1. The van der Waals surface area contributed by atoms with Crippen molar-refractivity contribution in [2.45, 2.75) is 57.5 Å². The zero-order valence-corrected chi connectivity index (χ0v) is 9.46. The molecule has 2 aliphatic rings. The average Bonchev–Trinajstić information content (AvgIpc) is 2.63. The van der Waals surface area contributed by atoms with Crippen molar-refractivity contribution in [3.05, 3.63) is 0 Å². The minimum absolute atomic E-state index is 0.285. The summed E-state index contributed by atoms with van der Waals surface area (Å²) in [5.41, 5.74) is -0.285. The van der Waals surface area contributed by atoms with Crippen molar-refractivity contribution in [1.29, 1.82) is 0 Å². The fraction of sp³-hybridized carbons (Fsp3) is 0.917. The summed E-state index contributed by atoms with van der Waals surface area (Å²) in [5.74, 6) is 0.526. The molecular formula is C12H20O3. The highest BCUT2D eigenvalue weighted by atomic mass is 16.8. The van der Waals surface area contributed by atoms with E-state index < -0.39 is 6.16 Å². The summed E-state index contributed by atoms with van der Waals surface area (Å²) in [6, 6.07) is 0. The van der Waals surface area contributed by atoms with E-state index in [4.69, 9.17) is 9.47 Å². The van der Waals surface area contributed by atoms with E-state index in [1.165, 1.54) is 32.1 Å². The molecule has 1 unspecified atom stereocenters. The number of carbonyl (C=O) groups is 1. The van der Waals surface area contributed by atoms with Crippen molar-refractivity contribution >= 4 is 6.16 Å². The lowest BCUT2D eigenvalue weighted by Crippen LogP contribution is -2.41. The minimum atomic E-state index is -0.464. The molecule has 3 heteroatoms. The molecule has 0 amide bonds. The number of carbonyl (C=O) groups excluding carboxylic acids is 1. The zero-order valence-electron chi connectivity index (χ0n) is 9.46. The molecule has 0 spiro atoms. The Kier molecular flexibility index (Phi) is 3.17. The van der Waals surface area contributed by atoms with Gasteiger partial charge < -0.3 is 9.47 Å². The van der Waals surface area contributed by atoms with Crippen molar-refractivity contribution in [2.24, 2.45) is 5.92 Å². The van der Waals surface area contributed by atoms with Gasteiger partial charge in [0.05, 0.1) is 0 Å². The van der Waals surface area contributed by atoms with Gasteiger partial charge in [0, 0.05) is 5.92 Å². The van der Waals surface area contributed by atoms with Crippen LogP contribution in [0.25, 0.3) is 0 Å². The van der Waals surface area contributed by atoms with Crippen LogP contribution >= 0.6 is 0 Å². The molecule has 1 atom stereocenters. The lowest BCUT2D eigenvalue weighted by atomic mass is 9.75. The fourth-order valence-corrected chi connectivity index (χ4v) is 2.99. The van der Waals surface area contributed by atoms with Gasteiger partial charge in [-0.3, -0.25) is 0 Å². The molecule has 0 N–H and O–H groups in total. The van der Waals surface area contributed by atoms with E-state index in [1.807, 2.05) is 0 Å². The first-order valence-corrected chi connectivity index (χ1v) is 6.12. The molecule has 0 aromatic rings. The first-order chi connectivity index (χ1) is 7.27. The molecule has 15 heavy (non-hydrogen) atoms. The smallest absolute Gasteiger partial charge is 0.430 e. The Labute approximate surface area is 91.1 Å². The van der Waals surface area contributed by atoms with Gasteiger partial charge in [-0.2, -0.15) is 0 Å². The predicted octanol–water partition coefficient (Wildman–Crippen LogP) is 3.27. The van der Waals surface area contributed by atoms with E-state index in [2.05, 4.69) is 6.92 Å². The van der Waals surface area contributed by atoms with Gasteiger partial charge >= 0.3 is 6.16 Å². The second kappa shape index (κ2) is 4.42. The van der Waals surface area contributed by atoms with Crippen LogP contribution in [0.2, 0.25) is 0 Å². The van der Waals surface area contributed by atoms with Crippen LogP contribution in [0.5, 0.6) is 0 Å². The minimum Gasteiger partial charge on any atom is -0.430 e. The monoisotopic (exact) mass is 212 g/mol. The summed E-state index contributed by atoms with van der Waals surface area (Å²) in [6.45, 7) is 2.61. The standard InChI is InChI=1S/C12H20O3/c1-2-8-12(9-14-11(13)15-12)10-6-4-3-5-7-10/h10H,2-9H2,1H3. The van der Waals surface area contributed by atoms with Gasteiger partial charge in [0.25, 0.3) is 0 Å². The summed E-state index contributed by atoms with van der Waals surface area (Å²) in [5, 5.41) is 0. The molecule has 2 rings (SSSR count). The lowest BCUT2D eigenvalue weighted by molar-refractivity contribution is -0.0166. The van der Waals surface area contributed by atoms with Gasteiger partial charge in [0.2, 0.25) is 0 Å². The van der Waals surface area contributed by atoms with E-state index >= 15 is 0 Å². The number of cyclic esters (lactones) is 2. The molecule has 1 saturated heterocycles. The zero-order chi connectivity index (χ0) is 10.7. The van der Waals surface area contributed by atoms with Gasteiger partial charge in [-0.25, -0.2) is 4.79 Å². The Morgan fingerprint density at radius 3 is 2.60 bits per heavy atom. The van der Waals surface area contributed by atoms with Crippen LogP contribution in [0.15, 0.2) is 0 Å². The van der Waals surface area contributed by atoms with Crippen molar-refractivity contribution < 1.29 is 14.3 Å². The maximum Gasteiger partial charge on any atom is 0.509 e. The maximum atomic E-state index is 11.1. The topological polar surface area (TPSA) is 35.5 Å². The maximum absolute atomic E-state index is 11.1. The molecular weight excluding hydrogens is 192 g/mol. The molecule has 0 radical (unpaired) electrons. The number of ether oxygens (including phenoxy) is 2. The summed E-state index contributed by atoms with van der Waals surface area (Å²) in [7, 11) is 0. The van der Waals surface area contributed by atoms with Crippen molar-refractivity contribution in [3.8, 4) is 0 Å². The van der Waals surface area contributed by atoms with Crippen LogP contribution in [0.3, 0.4) is 0 Å². The normalized spacial score (nSPS) is 32.5. The summed E-state index contributed by atoms with van der Waals surface area (Å²) >= 11 is 0. The van der Waals surface area contributed by atoms with E-state index in [9.17, 15) is 4.79 Å². The second-order valence-corrected chi connectivity index (χ2v) is 4.79. The predicted molar refractivity (Wildman–Crippen MR) is 56.6 cm³/mol. The Bertz CT molecular complexity index is 233. The third kappa shape index (κ3) is 2.11. The fourth-order valence-electron chi connectivity index (χ4n) is 2.99. The van der Waals surface area contributed by atoms with E-state index in [-0.39, 0.29) is 5.60 Å². The van der Waals surface area contributed by atoms with Crippen molar-refractivity contribution in [2.75, 3.05) is 6.61 Å². The Morgan fingerprint density at radius 1 is 1.33 bits per heavy atom. The van der Waals surface area contributed by atoms with Gasteiger partial charge in [0.15, 0.2) is 5.60 Å². The molecule has 1 aliphatic heterocycles. The van der Waals surface area contributed by atoms with Crippen LogP contribution in [-0.4, -0.2) is 18.4 Å². The first-order valence-electron chi connectivity index (χ1n) is 6.12. The van der Waals surface area contributed by atoms with Crippen LogP contribution in [-0.2, 0) is 9.47 Å². The average molecular weight is 212 g/mol. The molecule has 1 aliphatic carbocycles. The molecule has 0 aromatic carbocycles. The Balaban J connectivity index is 2.07. The second-order valence-electron chi connectivity index (χ2n) is 4.79. The van der Waals surface area contributed by atoms with Gasteiger partial charge in [0.1, 0.15) is 6.61 Å². The molecule has 1 heterocycles. The number of hydrogen-bond acceptors (Lipinski definition) is 3. The number of rotatable bonds is 3. The van der Waals surface area contributed by atoms with Crippen LogP contribution in [0.4, 0.5) is 4.79 Å². The summed E-state index contributed by atoms with van der Waals surface area (Å²) < 4.78 is 10.5. The highest BCUT2D eigenvalue weighted by Gasteiger charge is 2.47. The van der Waals surface area contributed by atoms with E-state index in [0.29, 0.717) is 12.5 Å². The highest BCUT2D eigenvalue weighted by molar-refractivity contribution is 5.62. The van der Waals surface area contributed by atoms with Crippen LogP contribution < -0.4 is 0 Å². The van der Waals surface area contributed by atoms with Crippen molar-refractivity contribution in [1.82, 2.24) is 0 Å². The largest absolute Gasteiger partial charge is 0.509 e. The lowest BCUT2D eigenvalue weighted by Gasteiger charge is -2.36. The first kappa shape index (κ1) is 10.8.